The van der Waals surface area contributed by atoms with Crippen LogP contribution in [0.3, 0.4) is 0 Å². The third-order valence-corrected chi connectivity index (χ3v) is 1.73. The molecule has 1 N–H and O–H groups in total. The quantitative estimate of drug-likeness (QED) is 0.642. The van der Waals surface area contributed by atoms with Gasteiger partial charge in [-0.2, -0.15) is 0 Å². The van der Waals surface area contributed by atoms with E-state index in [1.807, 2.05) is 6.92 Å². The molecular formula is C9H18O3. The van der Waals surface area contributed by atoms with Crippen molar-refractivity contribution in [3.05, 3.63) is 0 Å². The zero-order valence-electron chi connectivity index (χ0n) is 8.09. The van der Waals surface area contributed by atoms with Crippen molar-refractivity contribution < 1.29 is 14.6 Å². The van der Waals surface area contributed by atoms with Crippen LogP contribution in [0.2, 0.25) is 0 Å². The van der Waals surface area contributed by atoms with Crippen molar-refractivity contribution >= 4 is 5.97 Å². The number of esters is 1. The van der Waals surface area contributed by atoms with Crippen LogP contribution in [0.5, 0.6) is 0 Å². The molecule has 0 aromatic heterocycles. The van der Waals surface area contributed by atoms with Gasteiger partial charge in [0.05, 0.1) is 6.61 Å². The van der Waals surface area contributed by atoms with E-state index in [0.717, 1.165) is 12.8 Å². The third-order valence-electron chi connectivity index (χ3n) is 1.73. The van der Waals surface area contributed by atoms with E-state index in [4.69, 9.17) is 4.74 Å². The van der Waals surface area contributed by atoms with Crippen molar-refractivity contribution in [2.75, 3.05) is 6.61 Å². The van der Waals surface area contributed by atoms with E-state index in [1.165, 1.54) is 6.92 Å². The molecular weight excluding hydrogens is 156 g/mol. The molecule has 0 spiro atoms. The minimum Gasteiger partial charge on any atom is -0.464 e. The van der Waals surface area contributed by atoms with Crippen LogP contribution in [-0.2, 0) is 9.53 Å². The summed E-state index contributed by atoms with van der Waals surface area (Å²) in [4.78, 5) is 11.1. The molecule has 0 rings (SSSR count). The SMILES string of the molecule is CCCCC(C)(O)C(=O)OCC. The first-order valence-corrected chi connectivity index (χ1v) is 4.44. The van der Waals surface area contributed by atoms with Gasteiger partial charge in [0.1, 0.15) is 0 Å². The zero-order chi connectivity index (χ0) is 9.61. The molecule has 3 heteroatoms. The third kappa shape index (κ3) is 3.72. The summed E-state index contributed by atoms with van der Waals surface area (Å²) in [5, 5.41) is 9.57. The second-order valence-electron chi connectivity index (χ2n) is 3.10. The molecule has 1 atom stereocenters. The number of carbonyl (C=O) groups excluding carboxylic acids is 1. The lowest BCUT2D eigenvalue weighted by Crippen LogP contribution is -2.36. The number of carbonyl (C=O) groups is 1. The van der Waals surface area contributed by atoms with Crippen LogP contribution < -0.4 is 0 Å². The molecule has 0 aromatic carbocycles. The van der Waals surface area contributed by atoms with Crippen LogP contribution in [0.1, 0.15) is 40.0 Å². The molecule has 0 aromatic rings. The Labute approximate surface area is 73.7 Å². The van der Waals surface area contributed by atoms with Crippen LogP contribution in [-0.4, -0.2) is 23.3 Å². The fraction of sp³-hybridized carbons (Fsp3) is 0.889. The normalized spacial score (nSPS) is 15.3. The summed E-state index contributed by atoms with van der Waals surface area (Å²) in [5.74, 6) is -0.515. The number of aliphatic hydroxyl groups is 1. The molecule has 0 amide bonds. The van der Waals surface area contributed by atoms with E-state index in [-0.39, 0.29) is 0 Å². The second kappa shape index (κ2) is 5.14. The maximum absolute atomic E-state index is 11.1. The van der Waals surface area contributed by atoms with Crippen LogP contribution in [0.25, 0.3) is 0 Å². The van der Waals surface area contributed by atoms with Gasteiger partial charge >= 0.3 is 5.97 Å². The Bertz CT molecular complexity index is 141. The van der Waals surface area contributed by atoms with Crippen molar-refractivity contribution in [3.8, 4) is 0 Å². The fourth-order valence-electron chi connectivity index (χ4n) is 0.910. The Balaban J connectivity index is 3.90. The predicted molar refractivity (Wildman–Crippen MR) is 46.8 cm³/mol. The van der Waals surface area contributed by atoms with E-state index < -0.39 is 11.6 Å². The molecule has 3 nitrogen and oxygen atoms in total. The Morgan fingerprint density at radius 3 is 2.50 bits per heavy atom. The fourth-order valence-corrected chi connectivity index (χ4v) is 0.910. The summed E-state index contributed by atoms with van der Waals surface area (Å²) in [5.41, 5.74) is -1.30. The molecule has 0 bridgehead atoms. The molecule has 1 unspecified atom stereocenters. The van der Waals surface area contributed by atoms with Crippen LogP contribution in [0.15, 0.2) is 0 Å². The summed E-state index contributed by atoms with van der Waals surface area (Å²) in [7, 11) is 0. The van der Waals surface area contributed by atoms with Gasteiger partial charge in [-0.3, -0.25) is 0 Å². The Morgan fingerprint density at radius 2 is 2.08 bits per heavy atom. The average Bonchev–Trinajstić information content (AvgIpc) is 2.01. The number of hydrogen-bond donors (Lipinski definition) is 1. The molecule has 0 aliphatic heterocycles. The monoisotopic (exact) mass is 174 g/mol. The van der Waals surface area contributed by atoms with Crippen molar-refractivity contribution in [2.45, 2.75) is 45.6 Å². The topological polar surface area (TPSA) is 46.5 Å². The molecule has 0 radical (unpaired) electrons. The molecule has 0 fully saturated rings. The van der Waals surface area contributed by atoms with E-state index in [2.05, 4.69) is 0 Å². The molecule has 12 heavy (non-hydrogen) atoms. The average molecular weight is 174 g/mol. The maximum atomic E-state index is 11.1. The molecule has 0 aliphatic rings. The molecule has 0 heterocycles. The van der Waals surface area contributed by atoms with Gasteiger partial charge in [0, 0.05) is 0 Å². The van der Waals surface area contributed by atoms with Gasteiger partial charge in [0.25, 0.3) is 0 Å². The Hall–Kier alpha value is -0.570. The lowest BCUT2D eigenvalue weighted by atomic mass is 10.00. The largest absolute Gasteiger partial charge is 0.464 e. The second-order valence-corrected chi connectivity index (χ2v) is 3.10. The Kier molecular flexibility index (Phi) is 4.90. The highest BCUT2D eigenvalue weighted by molar-refractivity contribution is 5.78. The number of hydrogen-bond acceptors (Lipinski definition) is 3. The number of ether oxygens (including phenoxy) is 1. The number of unbranched alkanes of at least 4 members (excludes halogenated alkanes) is 1. The van der Waals surface area contributed by atoms with Crippen LogP contribution >= 0.6 is 0 Å². The Morgan fingerprint density at radius 1 is 1.50 bits per heavy atom. The highest BCUT2D eigenvalue weighted by atomic mass is 16.5. The van der Waals surface area contributed by atoms with Gasteiger partial charge in [-0.15, -0.1) is 0 Å². The van der Waals surface area contributed by atoms with E-state index in [9.17, 15) is 9.90 Å². The van der Waals surface area contributed by atoms with Gasteiger partial charge < -0.3 is 9.84 Å². The smallest absolute Gasteiger partial charge is 0.337 e. The first-order chi connectivity index (χ1) is 5.54. The standard InChI is InChI=1S/C9H18O3/c1-4-6-7-9(3,11)8(10)12-5-2/h11H,4-7H2,1-3H3. The highest BCUT2D eigenvalue weighted by Gasteiger charge is 2.30. The molecule has 0 saturated heterocycles. The molecule has 72 valence electrons. The minimum atomic E-state index is -1.30. The van der Waals surface area contributed by atoms with Gasteiger partial charge in [0.15, 0.2) is 5.60 Å². The summed E-state index contributed by atoms with van der Waals surface area (Å²) < 4.78 is 4.71. The van der Waals surface area contributed by atoms with E-state index in [0.29, 0.717) is 13.0 Å². The van der Waals surface area contributed by atoms with Gasteiger partial charge in [-0.05, 0) is 20.3 Å². The van der Waals surface area contributed by atoms with Crippen molar-refractivity contribution in [3.63, 3.8) is 0 Å². The summed E-state index contributed by atoms with van der Waals surface area (Å²) >= 11 is 0. The first kappa shape index (κ1) is 11.4. The first-order valence-electron chi connectivity index (χ1n) is 4.44. The lowest BCUT2D eigenvalue weighted by Gasteiger charge is -2.20. The maximum Gasteiger partial charge on any atom is 0.337 e. The summed E-state index contributed by atoms with van der Waals surface area (Å²) in [6.45, 7) is 5.57. The minimum absolute atomic E-state index is 0.321. The van der Waals surface area contributed by atoms with Crippen molar-refractivity contribution in [2.24, 2.45) is 0 Å². The molecule has 0 saturated carbocycles. The van der Waals surface area contributed by atoms with Crippen LogP contribution in [0.4, 0.5) is 0 Å². The summed E-state index contributed by atoms with van der Waals surface area (Å²) in [6, 6.07) is 0. The van der Waals surface area contributed by atoms with Crippen molar-refractivity contribution in [1.82, 2.24) is 0 Å². The number of rotatable bonds is 5. The van der Waals surface area contributed by atoms with E-state index >= 15 is 0 Å². The summed E-state index contributed by atoms with van der Waals surface area (Å²) in [6.07, 6.45) is 2.28. The highest BCUT2D eigenvalue weighted by Crippen LogP contribution is 2.15. The zero-order valence-corrected chi connectivity index (χ0v) is 8.09. The van der Waals surface area contributed by atoms with Gasteiger partial charge in [-0.25, -0.2) is 4.79 Å². The van der Waals surface area contributed by atoms with Gasteiger partial charge in [0.2, 0.25) is 0 Å². The lowest BCUT2D eigenvalue weighted by molar-refractivity contribution is -0.163. The van der Waals surface area contributed by atoms with Gasteiger partial charge in [-0.1, -0.05) is 19.8 Å². The van der Waals surface area contributed by atoms with Crippen molar-refractivity contribution in [1.29, 1.82) is 0 Å². The van der Waals surface area contributed by atoms with E-state index in [1.54, 1.807) is 6.92 Å². The van der Waals surface area contributed by atoms with Crippen LogP contribution in [0, 0.1) is 0 Å². The predicted octanol–water partition coefficient (Wildman–Crippen LogP) is 1.49. The molecule has 0 aliphatic carbocycles.